The van der Waals surface area contributed by atoms with Crippen molar-refractivity contribution >= 4 is 23.0 Å². The van der Waals surface area contributed by atoms with E-state index in [0.717, 1.165) is 21.9 Å². The summed E-state index contributed by atoms with van der Waals surface area (Å²) in [5.74, 6) is -1.66. The number of hydrogen-bond donors (Lipinski definition) is 0. The van der Waals surface area contributed by atoms with Gasteiger partial charge in [0.05, 0.1) is 11.8 Å². The molecule has 25 heavy (non-hydrogen) atoms. The topological polar surface area (TPSA) is 43.4 Å². The summed E-state index contributed by atoms with van der Waals surface area (Å²) in [5, 5.41) is 1.99. The van der Waals surface area contributed by atoms with Gasteiger partial charge in [0.2, 0.25) is 6.29 Å². The maximum absolute atomic E-state index is 12.4. The van der Waals surface area contributed by atoms with Crippen molar-refractivity contribution in [3.8, 4) is 0 Å². The van der Waals surface area contributed by atoms with E-state index in [9.17, 15) is 9.59 Å². The smallest absolute Gasteiger partial charge is 0.310 e. The van der Waals surface area contributed by atoms with Crippen LogP contribution in [0.1, 0.15) is 24.0 Å². The highest BCUT2D eigenvalue weighted by Gasteiger charge is 2.28. The van der Waals surface area contributed by atoms with Crippen LogP contribution < -0.4 is 0 Å². The van der Waals surface area contributed by atoms with E-state index in [0.29, 0.717) is 0 Å². The number of ether oxygens (including phenoxy) is 1. The molecule has 0 N–H and O–H groups in total. The number of hydrogen-bond acceptors (Lipinski definition) is 3. The van der Waals surface area contributed by atoms with Gasteiger partial charge in [-0.05, 0) is 21.9 Å². The molecular formula is C22H19O3. The van der Waals surface area contributed by atoms with Crippen LogP contribution in [0.4, 0.5) is 0 Å². The quantitative estimate of drug-likeness (QED) is 0.628. The van der Waals surface area contributed by atoms with Gasteiger partial charge in [-0.3, -0.25) is 9.59 Å². The fourth-order valence-electron chi connectivity index (χ4n) is 2.95. The second-order valence-corrected chi connectivity index (χ2v) is 6.05. The Bertz CT molecular complexity index is 865. The lowest BCUT2D eigenvalue weighted by Crippen LogP contribution is -2.23. The number of benzene rings is 3. The van der Waals surface area contributed by atoms with Gasteiger partial charge in [0, 0.05) is 0 Å². The van der Waals surface area contributed by atoms with Crippen LogP contribution in [-0.2, 0) is 20.9 Å². The molecule has 0 aromatic heterocycles. The van der Waals surface area contributed by atoms with Crippen LogP contribution in [0.15, 0.2) is 72.8 Å². The fraction of sp³-hybridized carbons (Fsp3) is 0.182. The van der Waals surface area contributed by atoms with Crippen molar-refractivity contribution in [2.45, 2.75) is 19.4 Å². The monoisotopic (exact) mass is 331 g/mol. The molecule has 125 valence electrons. The van der Waals surface area contributed by atoms with E-state index in [2.05, 4.69) is 0 Å². The van der Waals surface area contributed by atoms with Crippen LogP contribution in [0.2, 0.25) is 0 Å². The van der Waals surface area contributed by atoms with Gasteiger partial charge in [0.1, 0.15) is 6.61 Å². The third kappa shape index (κ3) is 3.77. The van der Waals surface area contributed by atoms with E-state index >= 15 is 0 Å². The Hall–Kier alpha value is -2.94. The molecular weight excluding hydrogens is 312 g/mol. The Balaban J connectivity index is 1.79. The maximum atomic E-state index is 12.4. The normalized spacial score (nSPS) is 13.2. The highest BCUT2D eigenvalue weighted by molar-refractivity contribution is 5.90. The molecule has 0 saturated heterocycles. The average Bonchev–Trinajstić information content (AvgIpc) is 2.67. The molecule has 0 heterocycles. The summed E-state index contributed by atoms with van der Waals surface area (Å²) >= 11 is 0. The van der Waals surface area contributed by atoms with Crippen molar-refractivity contribution in [1.82, 2.24) is 0 Å². The van der Waals surface area contributed by atoms with E-state index < -0.39 is 17.8 Å². The van der Waals surface area contributed by atoms with Gasteiger partial charge in [0.25, 0.3) is 0 Å². The third-order valence-electron chi connectivity index (χ3n) is 4.38. The molecule has 0 aliphatic rings. The van der Waals surface area contributed by atoms with Crippen LogP contribution in [0.5, 0.6) is 0 Å². The van der Waals surface area contributed by atoms with E-state index in [-0.39, 0.29) is 6.61 Å². The van der Waals surface area contributed by atoms with Gasteiger partial charge in [-0.2, -0.15) is 0 Å². The molecule has 2 unspecified atom stereocenters. The first-order valence-electron chi connectivity index (χ1n) is 8.26. The lowest BCUT2D eigenvalue weighted by Gasteiger charge is -2.19. The molecule has 3 nitrogen and oxygen atoms in total. The van der Waals surface area contributed by atoms with Crippen LogP contribution in [-0.4, -0.2) is 12.3 Å². The summed E-state index contributed by atoms with van der Waals surface area (Å²) in [7, 11) is 0. The molecule has 0 aliphatic heterocycles. The molecule has 0 spiro atoms. The van der Waals surface area contributed by atoms with E-state index in [4.69, 9.17) is 4.74 Å². The summed E-state index contributed by atoms with van der Waals surface area (Å²) in [6, 6.07) is 23.0. The second kappa shape index (κ2) is 7.75. The van der Waals surface area contributed by atoms with E-state index in [1.54, 1.807) is 6.92 Å². The van der Waals surface area contributed by atoms with Crippen LogP contribution in [0.25, 0.3) is 10.8 Å². The second-order valence-electron chi connectivity index (χ2n) is 6.05. The lowest BCUT2D eigenvalue weighted by atomic mass is 9.85. The summed E-state index contributed by atoms with van der Waals surface area (Å²) in [6.45, 7) is 1.91. The average molecular weight is 331 g/mol. The molecule has 0 fully saturated rings. The zero-order chi connectivity index (χ0) is 17.6. The Labute approximate surface area is 147 Å². The standard InChI is InChI=1S/C22H19O3/c1-16(22(24)25-15-17-8-3-2-4-9-17)21(14-23)20-13-7-11-18-10-5-6-12-19(18)20/h2-13,16,21H,15H2,1H3. The zero-order valence-electron chi connectivity index (χ0n) is 14.0. The Morgan fingerprint density at radius 3 is 2.40 bits per heavy atom. The first-order chi connectivity index (χ1) is 12.2. The van der Waals surface area contributed by atoms with E-state index in [1.165, 1.54) is 0 Å². The van der Waals surface area contributed by atoms with Crippen molar-refractivity contribution in [2.75, 3.05) is 0 Å². The first kappa shape index (κ1) is 16.9. The maximum Gasteiger partial charge on any atom is 0.310 e. The molecule has 3 heteroatoms. The number of rotatable bonds is 6. The van der Waals surface area contributed by atoms with Crippen molar-refractivity contribution in [1.29, 1.82) is 0 Å². The molecule has 1 radical (unpaired) electrons. The molecule has 0 amide bonds. The first-order valence-corrected chi connectivity index (χ1v) is 8.26. The minimum atomic E-state index is -0.658. The lowest BCUT2D eigenvalue weighted by molar-refractivity contribution is -0.149. The summed E-state index contributed by atoms with van der Waals surface area (Å²) in [5.41, 5.74) is 1.72. The highest BCUT2D eigenvalue weighted by atomic mass is 16.5. The molecule has 3 rings (SSSR count). The predicted molar refractivity (Wildman–Crippen MR) is 97.8 cm³/mol. The van der Waals surface area contributed by atoms with Crippen LogP contribution in [0.3, 0.4) is 0 Å². The fourth-order valence-corrected chi connectivity index (χ4v) is 2.95. The van der Waals surface area contributed by atoms with Crippen LogP contribution in [0, 0.1) is 5.92 Å². The Kier molecular flexibility index (Phi) is 5.24. The molecule has 2 atom stereocenters. The molecule has 3 aromatic rings. The summed E-state index contributed by atoms with van der Waals surface area (Å²) < 4.78 is 5.39. The molecule has 0 bridgehead atoms. The number of esters is 1. The zero-order valence-corrected chi connectivity index (χ0v) is 14.0. The minimum Gasteiger partial charge on any atom is -0.461 e. The number of carbonyl (C=O) groups is 1. The third-order valence-corrected chi connectivity index (χ3v) is 4.38. The van der Waals surface area contributed by atoms with Crippen molar-refractivity contribution in [3.05, 3.63) is 83.9 Å². The van der Waals surface area contributed by atoms with Gasteiger partial charge >= 0.3 is 5.97 Å². The number of fused-ring (bicyclic) bond motifs is 1. The van der Waals surface area contributed by atoms with Crippen molar-refractivity contribution in [2.24, 2.45) is 5.92 Å². The van der Waals surface area contributed by atoms with E-state index in [1.807, 2.05) is 79.1 Å². The molecule has 0 aliphatic carbocycles. The molecule has 3 aromatic carbocycles. The van der Waals surface area contributed by atoms with Gasteiger partial charge in [0.15, 0.2) is 0 Å². The van der Waals surface area contributed by atoms with Gasteiger partial charge in [-0.15, -0.1) is 0 Å². The number of carbonyl (C=O) groups excluding carboxylic acids is 2. The largest absolute Gasteiger partial charge is 0.461 e. The summed E-state index contributed by atoms with van der Waals surface area (Å²) in [6.07, 6.45) is 2.04. The van der Waals surface area contributed by atoms with Gasteiger partial charge in [-0.25, -0.2) is 0 Å². The predicted octanol–water partition coefficient (Wildman–Crippen LogP) is 4.41. The van der Waals surface area contributed by atoms with Gasteiger partial charge < -0.3 is 4.74 Å². The van der Waals surface area contributed by atoms with Crippen molar-refractivity contribution in [3.63, 3.8) is 0 Å². The van der Waals surface area contributed by atoms with Crippen LogP contribution >= 0.6 is 0 Å². The SMILES string of the molecule is CC(C(=O)OCc1ccccc1)C([C]=O)c1cccc2ccccc12. The Morgan fingerprint density at radius 1 is 0.960 bits per heavy atom. The highest BCUT2D eigenvalue weighted by Crippen LogP contribution is 2.30. The summed E-state index contributed by atoms with van der Waals surface area (Å²) in [4.78, 5) is 24.1. The van der Waals surface area contributed by atoms with Gasteiger partial charge in [-0.1, -0.05) is 79.7 Å². The molecule has 0 saturated carbocycles. The minimum absolute atomic E-state index is 0.200. The Morgan fingerprint density at radius 2 is 1.64 bits per heavy atom. The van der Waals surface area contributed by atoms with Crippen molar-refractivity contribution < 1.29 is 14.3 Å².